The molecule has 0 aromatic rings. The molecule has 0 aromatic heterocycles. The molecule has 2 aliphatic rings. The van der Waals surface area contributed by atoms with Gasteiger partial charge in [-0.2, -0.15) is 0 Å². The first-order chi connectivity index (χ1) is 8.20. The van der Waals surface area contributed by atoms with E-state index in [-0.39, 0.29) is 0 Å². The van der Waals surface area contributed by atoms with Gasteiger partial charge in [0.05, 0.1) is 0 Å². The Morgan fingerprint density at radius 1 is 0.882 bits per heavy atom. The third-order valence-electron chi connectivity index (χ3n) is 5.19. The molecule has 4 N–H and O–H groups in total. The Labute approximate surface area is 107 Å². The number of nitrogens with two attached hydrogens (primary N) is 2. The van der Waals surface area contributed by atoms with Gasteiger partial charge < -0.3 is 11.5 Å². The summed E-state index contributed by atoms with van der Waals surface area (Å²) >= 11 is 0. The Kier molecular flexibility index (Phi) is 4.87. The van der Waals surface area contributed by atoms with E-state index in [9.17, 15) is 0 Å². The van der Waals surface area contributed by atoms with Crippen molar-refractivity contribution in [3.8, 4) is 0 Å². The molecule has 0 spiro atoms. The Morgan fingerprint density at radius 3 is 1.71 bits per heavy atom. The van der Waals surface area contributed by atoms with E-state index in [1.807, 2.05) is 0 Å². The zero-order valence-electron chi connectivity index (χ0n) is 11.4. The zero-order valence-corrected chi connectivity index (χ0v) is 11.4. The van der Waals surface area contributed by atoms with Gasteiger partial charge in [-0.3, -0.25) is 0 Å². The van der Waals surface area contributed by atoms with Crippen molar-refractivity contribution in [3.05, 3.63) is 0 Å². The third kappa shape index (κ3) is 3.45. The molecule has 4 unspecified atom stereocenters. The van der Waals surface area contributed by atoms with Crippen molar-refractivity contribution in [2.45, 2.75) is 76.8 Å². The highest BCUT2D eigenvalue weighted by Gasteiger charge is 2.33. The van der Waals surface area contributed by atoms with E-state index < -0.39 is 0 Å². The predicted molar refractivity (Wildman–Crippen MR) is 73.6 cm³/mol. The first-order valence-corrected chi connectivity index (χ1v) is 7.71. The monoisotopic (exact) mass is 238 g/mol. The third-order valence-corrected chi connectivity index (χ3v) is 5.19. The van der Waals surface area contributed by atoms with Crippen LogP contribution in [0.5, 0.6) is 0 Å². The molecule has 2 nitrogen and oxygen atoms in total. The average molecular weight is 238 g/mol. The molecule has 2 fully saturated rings. The molecule has 2 saturated carbocycles. The Bertz CT molecular complexity index is 207. The van der Waals surface area contributed by atoms with Crippen LogP contribution in [-0.4, -0.2) is 12.1 Å². The maximum Gasteiger partial charge on any atom is 0.00415 e. The quantitative estimate of drug-likeness (QED) is 0.794. The van der Waals surface area contributed by atoms with Crippen molar-refractivity contribution < 1.29 is 0 Å². The first-order valence-electron chi connectivity index (χ1n) is 7.71. The van der Waals surface area contributed by atoms with Crippen LogP contribution in [0, 0.1) is 17.8 Å². The van der Waals surface area contributed by atoms with Crippen LogP contribution in [0.15, 0.2) is 0 Å². The van der Waals surface area contributed by atoms with Crippen LogP contribution in [0.3, 0.4) is 0 Å². The molecule has 2 aliphatic carbocycles. The lowest BCUT2D eigenvalue weighted by Crippen LogP contribution is -2.37. The van der Waals surface area contributed by atoms with E-state index in [4.69, 9.17) is 11.5 Å². The van der Waals surface area contributed by atoms with Gasteiger partial charge in [0.15, 0.2) is 0 Å². The minimum atomic E-state index is 0.472. The highest BCUT2D eigenvalue weighted by molar-refractivity contribution is 4.86. The molecule has 2 heteroatoms. The van der Waals surface area contributed by atoms with Crippen molar-refractivity contribution in [2.24, 2.45) is 29.2 Å². The summed E-state index contributed by atoms with van der Waals surface area (Å²) in [5, 5.41) is 0. The Hall–Kier alpha value is -0.0800. The van der Waals surface area contributed by atoms with Crippen molar-refractivity contribution in [1.29, 1.82) is 0 Å². The maximum atomic E-state index is 6.15. The van der Waals surface area contributed by atoms with Crippen LogP contribution in [0.4, 0.5) is 0 Å². The summed E-state index contributed by atoms with van der Waals surface area (Å²) < 4.78 is 0. The van der Waals surface area contributed by atoms with Crippen LogP contribution in [0.1, 0.15) is 64.7 Å². The van der Waals surface area contributed by atoms with Gasteiger partial charge in [-0.1, -0.05) is 39.0 Å². The number of hydrogen-bond acceptors (Lipinski definition) is 2. The summed E-state index contributed by atoms with van der Waals surface area (Å²) in [6, 6.07) is 0.945. The Morgan fingerprint density at radius 2 is 1.35 bits per heavy atom. The van der Waals surface area contributed by atoms with E-state index >= 15 is 0 Å². The highest BCUT2D eigenvalue weighted by atomic mass is 14.7. The maximum absolute atomic E-state index is 6.15. The molecule has 0 saturated heterocycles. The number of rotatable bonds is 3. The van der Waals surface area contributed by atoms with Crippen LogP contribution >= 0.6 is 0 Å². The van der Waals surface area contributed by atoms with E-state index in [0.29, 0.717) is 12.1 Å². The molecule has 0 amide bonds. The largest absolute Gasteiger partial charge is 0.328 e. The molecule has 0 bridgehead atoms. The van der Waals surface area contributed by atoms with Gasteiger partial charge in [0.1, 0.15) is 0 Å². The van der Waals surface area contributed by atoms with Crippen LogP contribution in [0.25, 0.3) is 0 Å². The minimum Gasteiger partial charge on any atom is -0.328 e. The fourth-order valence-corrected chi connectivity index (χ4v) is 4.36. The topological polar surface area (TPSA) is 52.0 Å². The van der Waals surface area contributed by atoms with E-state index in [1.54, 1.807) is 0 Å². The van der Waals surface area contributed by atoms with Gasteiger partial charge in [0.2, 0.25) is 0 Å². The molecular weight excluding hydrogens is 208 g/mol. The fourth-order valence-electron chi connectivity index (χ4n) is 4.36. The van der Waals surface area contributed by atoms with Crippen LogP contribution < -0.4 is 11.5 Å². The molecule has 2 rings (SSSR count). The van der Waals surface area contributed by atoms with Gasteiger partial charge in [-0.15, -0.1) is 0 Å². The molecule has 4 atom stereocenters. The van der Waals surface area contributed by atoms with Crippen LogP contribution in [-0.2, 0) is 0 Å². The lowest BCUT2D eigenvalue weighted by molar-refractivity contribution is 0.125. The van der Waals surface area contributed by atoms with Crippen molar-refractivity contribution in [1.82, 2.24) is 0 Å². The molecule has 0 aromatic carbocycles. The minimum absolute atomic E-state index is 0.472. The zero-order chi connectivity index (χ0) is 12.3. The second-order valence-electron chi connectivity index (χ2n) is 6.45. The van der Waals surface area contributed by atoms with Crippen molar-refractivity contribution in [3.63, 3.8) is 0 Å². The van der Waals surface area contributed by atoms with Gasteiger partial charge in [0, 0.05) is 12.1 Å². The van der Waals surface area contributed by atoms with Crippen LogP contribution in [0.2, 0.25) is 0 Å². The molecular formula is C15H30N2. The summed E-state index contributed by atoms with van der Waals surface area (Å²) in [6.07, 6.45) is 11.9. The normalized spacial score (nSPS) is 41.1. The van der Waals surface area contributed by atoms with Crippen molar-refractivity contribution >= 4 is 0 Å². The van der Waals surface area contributed by atoms with E-state index in [2.05, 4.69) is 6.92 Å². The molecule has 0 radical (unpaired) electrons. The van der Waals surface area contributed by atoms with Crippen molar-refractivity contribution in [2.75, 3.05) is 0 Å². The lowest BCUT2D eigenvalue weighted by atomic mass is 9.67. The molecule has 0 aliphatic heterocycles. The SMILES string of the molecule is CCC(C1CCCC(N)C1)C1CCCC(N)C1. The summed E-state index contributed by atoms with van der Waals surface area (Å²) in [5.74, 6) is 2.67. The Balaban J connectivity index is 1.94. The first kappa shape index (κ1) is 13.4. The molecule has 0 heterocycles. The smallest absolute Gasteiger partial charge is 0.00415 e. The predicted octanol–water partition coefficient (Wildman–Crippen LogP) is 3.05. The summed E-state index contributed by atoms with van der Waals surface area (Å²) in [7, 11) is 0. The summed E-state index contributed by atoms with van der Waals surface area (Å²) in [4.78, 5) is 0. The number of hydrogen-bond donors (Lipinski definition) is 2. The van der Waals surface area contributed by atoms with Gasteiger partial charge >= 0.3 is 0 Å². The lowest BCUT2D eigenvalue weighted by Gasteiger charge is -2.40. The van der Waals surface area contributed by atoms with Gasteiger partial charge in [-0.25, -0.2) is 0 Å². The van der Waals surface area contributed by atoms with E-state index in [0.717, 1.165) is 17.8 Å². The second-order valence-corrected chi connectivity index (χ2v) is 6.45. The standard InChI is InChI=1S/C15H30N2/c1-2-15(11-5-3-7-13(16)9-11)12-6-4-8-14(17)10-12/h11-15H,2-10,16-17H2,1H3. The second kappa shape index (κ2) is 6.19. The molecule has 100 valence electrons. The fraction of sp³-hybridized carbons (Fsp3) is 1.00. The average Bonchev–Trinajstić information content (AvgIpc) is 2.30. The van der Waals surface area contributed by atoms with Gasteiger partial charge in [0.25, 0.3) is 0 Å². The molecule has 17 heavy (non-hydrogen) atoms. The summed E-state index contributed by atoms with van der Waals surface area (Å²) in [6.45, 7) is 2.37. The van der Waals surface area contributed by atoms with E-state index in [1.165, 1.54) is 57.8 Å². The van der Waals surface area contributed by atoms with Gasteiger partial charge in [-0.05, 0) is 43.4 Å². The summed E-state index contributed by atoms with van der Waals surface area (Å²) in [5.41, 5.74) is 12.3. The highest BCUT2D eigenvalue weighted by Crippen LogP contribution is 2.40.